The van der Waals surface area contributed by atoms with Crippen molar-refractivity contribution in [3.05, 3.63) is 23.9 Å². The minimum Gasteiger partial charge on any atom is -0.363 e. The third-order valence-electron chi connectivity index (χ3n) is 5.54. The molecule has 2 heterocycles. The quantitative estimate of drug-likeness (QED) is 0.429. The molecule has 0 amide bonds. The average molecular weight is 457 g/mol. The van der Waals surface area contributed by atoms with Crippen LogP contribution in [0.5, 0.6) is 0 Å². The maximum atomic E-state index is 4.68. The number of hydrogen-bond acceptors (Lipinski definition) is 3. The van der Waals surface area contributed by atoms with Crippen LogP contribution in [0.4, 0.5) is 5.82 Å². The number of rotatable bonds is 3. The molecule has 140 valence electrons. The monoisotopic (exact) mass is 457 g/mol. The van der Waals surface area contributed by atoms with Crippen LogP contribution in [-0.2, 0) is 6.54 Å². The Morgan fingerprint density at radius 3 is 2.68 bits per heavy atom. The van der Waals surface area contributed by atoms with Gasteiger partial charge in [-0.05, 0) is 36.8 Å². The fourth-order valence-electron chi connectivity index (χ4n) is 4.14. The van der Waals surface area contributed by atoms with Crippen molar-refractivity contribution in [1.29, 1.82) is 0 Å². The smallest absolute Gasteiger partial charge is 0.193 e. The zero-order valence-corrected chi connectivity index (χ0v) is 18.1. The van der Waals surface area contributed by atoms with E-state index >= 15 is 0 Å². The fourth-order valence-corrected chi connectivity index (χ4v) is 4.14. The van der Waals surface area contributed by atoms with Crippen LogP contribution < -0.4 is 10.2 Å². The summed E-state index contributed by atoms with van der Waals surface area (Å²) in [6, 6.07) is 6.17. The second kappa shape index (κ2) is 9.05. The lowest BCUT2D eigenvalue weighted by Crippen LogP contribution is -2.41. The van der Waals surface area contributed by atoms with Crippen molar-refractivity contribution in [1.82, 2.24) is 15.2 Å². The van der Waals surface area contributed by atoms with Gasteiger partial charge in [0, 0.05) is 34.2 Å². The number of nitrogens with one attached hydrogen (secondary N) is 1. The lowest BCUT2D eigenvalue weighted by atomic mass is 9.73. The summed E-state index contributed by atoms with van der Waals surface area (Å²) in [6.07, 6.45) is 8.34. The van der Waals surface area contributed by atoms with Gasteiger partial charge in [0.25, 0.3) is 0 Å². The Morgan fingerprint density at radius 1 is 1.24 bits per heavy atom. The molecule has 0 unspecified atom stereocenters. The van der Waals surface area contributed by atoms with Crippen molar-refractivity contribution >= 4 is 35.8 Å². The van der Waals surface area contributed by atoms with Crippen molar-refractivity contribution in [2.24, 2.45) is 10.4 Å². The Bertz CT molecular complexity index is 581. The second-order valence-corrected chi connectivity index (χ2v) is 7.51. The van der Waals surface area contributed by atoms with E-state index in [0.717, 1.165) is 37.1 Å². The Morgan fingerprint density at radius 2 is 2.00 bits per heavy atom. The van der Waals surface area contributed by atoms with Crippen LogP contribution in [-0.4, -0.2) is 50.1 Å². The summed E-state index contributed by atoms with van der Waals surface area (Å²) < 4.78 is 0. The lowest BCUT2D eigenvalue weighted by Gasteiger charge is -2.33. The zero-order chi connectivity index (χ0) is 17.0. The van der Waals surface area contributed by atoms with E-state index in [1.54, 1.807) is 0 Å². The van der Waals surface area contributed by atoms with Crippen molar-refractivity contribution in [3.63, 3.8) is 0 Å². The summed E-state index contributed by atoms with van der Waals surface area (Å²) in [5.74, 6) is 2.01. The minimum atomic E-state index is 0. The van der Waals surface area contributed by atoms with E-state index in [-0.39, 0.29) is 24.0 Å². The van der Waals surface area contributed by atoms with Gasteiger partial charge < -0.3 is 15.1 Å². The molecule has 1 aromatic heterocycles. The number of likely N-dealkylation sites (tertiary alicyclic amines) is 1. The third kappa shape index (κ3) is 4.99. The Balaban J connectivity index is 0.00000225. The predicted molar refractivity (Wildman–Crippen MR) is 116 cm³/mol. The molecule has 1 saturated carbocycles. The van der Waals surface area contributed by atoms with E-state index < -0.39 is 0 Å². The zero-order valence-electron chi connectivity index (χ0n) is 15.8. The molecule has 2 aliphatic rings. The molecule has 25 heavy (non-hydrogen) atoms. The predicted octanol–water partition coefficient (Wildman–Crippen LogP) is 3.50. The largest absolute Gasteiger partial charge is 0.363 e. The van der Waals surface area contributed by atoms with Gasteiger partial charge in [0.1, 0.15) is 5.82 Å². The minimum absolute atomic E-state index is 0. The molecule has 0 radical (unpaired) electrons. The summed E-state index contributed by atoms with van der Waals surface area (Å²) in [4.78, 5) is 13.7. The van der Waals surface area contributed by atoms with E-state index in [0.29, 0.717) is 5.41 Å². The first-order valence-corrected chi connectivity index (χ1v) is 9.21. The van der Waals surface area contributed by atoms with Gasteiger partial charge in [-0.15, -0.1) is 24.0 Å². The van der Waals surface area contributed by atoms with Gasteiger partial charge in [-0.2, -0.15) is 0 Å². The maximum Gasteiger partial charge on any atom is 0.193 e. The molecule has 3 rings (SSSR count). The highest BCUT2D eigenvalue weighted by Gasteiger charge is 2.39. The number of nitrogens with zero attached hydrogens (tertiary/aromatic N) is 4. The van der Waals surface area contributed by atoms with Gasteiger partial charge >= 0.3 is 0 Å². The van der Waals surface area contributed by atoms with Gasteiger partial charge in [-0.25, -0.2) is 4.98 Å². The van der Waals surface area contributed by atoms with E-state index in [1.165, 1.54) is 38.5 Å². The molecule has 1 N–H and O–H groups in total. The first kappa shape index (κ1) is 20.3. The van der Waals surface area contributed by atoms with E-state index in [2.05, 4.69) is 32.3 Å². The maximum absolute atomic E-state index is 4.68. The molecule has 1 aromatic rings. The fraction of sp³-hybridized carbons (Fsp3) is 0.684. The van der Waals surface area contributed by atoms with Crippen LogP contribution in [0.15, 0.2) is 23.2 Å². The number of aromatic nitrogens is 1. The molecule has 1 aliphatic heterocycles. The number of anilines is 1. The van der Waals surface area contributed by atoms with Gasteiger partial charge in [0.2, 0.25) is 0 Å². The van der Waals surface area contributed by atoms with Crippen LogP contribution in [0.1, 0.15) is 44.2 Å². The number of guanidine groups is 1. The summed E-state index contributed by atoms with van der Waals surface area (Å²) in [5, 5.41) is 3.51. The highest BCUT2D eigenvalue weighted by molar-refractivity contribution is 14.0. The first-order chi connectivity index (χ1) is 11.6. The summed E-state index contributed by atoms with van der Waals surface area (Å²) in [5.41, 5.74) is 1.60. The van der Waals surface area contributed by atoms with Crippen molar-refractivity contribution in [3.8, 4) is 0 Å². The van der Waals surface area contributed by atoms with Crippen molar-refractivity contribution < 1.29 is 0 Å². The Labute approximate surface area is 169 Å². The first-order valence-electron chi connectivity index (χ1n) is 9.21. The van der Waals surface area contributed by atoms with Crippen LogP contribution in [0, 0.1) is 5.41 Å². The Hall–Kier alpha value is -1.05. The molecule has 0 aromatic carbocycles. The van der Waals surface area contributed by atoms with Gasteiger partial charge in [0.05, 0.1) is 12.2 Å². The topological polar surface area (TPSA) is 43.8 Å². The molecule has 6 heteroatoms. The van der Waals surface area contributed by atoms with E-state index in [1.807, 2.05) is 32.1 Å². The molecule has 0 bridgehead atoms. The van der Waals surface area contributed by atoms with Crippen LogP contribution in [0.2, 0.25) is 0 Å². The molecule has 5 nitrogen and oxygen atoms in total. The molecule has 1 spiro atoms. The normalized spacial score (nSPS) is 19.6. The number of pyridine rings is 1. The molecule has 1 aliphatic carbocycles. The molecule has 1 saturated heterocycles. The average Bonchev–Trinajstić information content (AvgIpc) is 2.99. The van der Waals surface area contributed by atoms with Crippen LogP contribution in [0.25, 0.3) is 0 Å². The van der Waals surface area contributed by atoms with Gasteiger partial charge in [-0.1, -0.05) is 25.3 Å². The molecular weight excluding hydrogens is 425 g/mol. The highest BCUT2D eigenvalue weighted by Crippen LogP contribution is 2.43. The van der Waals surface area contributed by atoms with Gasteiger partial charge in [-0.3, -0.25) is 4.99 Å². The van der Waals surface area contributed by atoms with Crippen LogP contribution >= 0.6 is 24.0 Å². The van der Waals surface area contributed by atoms with E-state index in [4.69, 9.17) is 0 Å². The Kier molecular flexibility index (Phi) is 7.34. The summed E-state index contributed by atoms with van der Waals surface area (Å²) in [6.45, 7) is 3.01. The van der Waals surface area contributed by atoms with Crippen LogP contribution in [0.3, 0.4) is 0 Å². The molecular formula is C19H32IN5. The number of aliphatic imine (C=N–C) groups is 1. The molecule has 0 atom stereocenters. The second-order valence-electron chi connectivity index (χ2n) is 7.51. The summed E-state index contributed by atoms with van der Waals surface area (Å²) >= 11 is 0. The standard InChI is InChI=1S/C19H31N5.HI/c1-20-18(21-14-16-8-7-9-17(22-16)23(2)3)24-13-12-19(15-24)10-5-4-6-11-19;/h7-9H,4-6,10-15H2,1-3H3,(H,20,21);1H. The highest BCUT2D eigenvalue weighted by atomic mass is 127. The van der Waals surface area contributed by atoms with Gasteiger partial charge in [0.15, 0.2) is 5.96 Å². The summed E-state index contributed by atoms with van der Waals surface area (Å²) in [7, 11) is 5.93. The number of halogens is 1. The SMILES string of the molecule is CN=C(NCc1cccc(N(C)C)n1)N1CCC2(CCCCC2)C1.I. The molecule has 2 fully saturated rings. The number of hydrogen-bond donors (Lipinski definition) is 1. The third-order valence-corrected chi connectivity index (χ3v) is 5.54. The van der Waals surface area contributed by atoms with E-state index in [9.17, 15) is 0 Å². The van der Waals surface area contributed by atoms with Crippen molar-refractivity contribution in [2.75, 3.05) is 39.1 Å². The lowest BCUT2D eigenvalue weighted by molar-refractivity contribution is 0.203. The van der Waals surface area contributed by atoms with Crippen molar-refractivity contribution in [2.45, 2.75) is 45.1 Å².